The second kappa shape index (κ2) is 8.55. The van der Waals surface area contributed by atoms with Crippen molar-refractivity contribution in [2.45, 2.75) is 9.92 Å². The summed E-state index contributed by atoms with van der Waals surface area (Å²) in [5.41, 5.74) is -0.145. The predicted molar refractivity (Wildman–Crippen MR) is 95.8 cm³/mol. The number of ether oxygens (including phenoxy) is 1. The molecular weight excluding hydrogens is 372 g/mol. The Kier molecular flexibility index (Phi) is 5.93. The molecule has 0 aliphatic heterocycles. The summed E-state index contributed by atoms with van der Waals surface area (Å²) < 4.78 is 31.6. The summed E-state index contributed by atoms with van der Waals surface area (Å²) in [6.07, 6.45) is 1.54. The molecule has 0 aliphatic rings. The van der Waals surface area contributed by atoms with Crippen LogP contribution in [0.4, 0.5) is 8.78 Å². The molecule has 136 valence electrons. The van der Waals surface area contributed by atoms with Gasteiger partial charge in [-0.05, 0) is 36.4 Å². The fraction of sp³-hybridized carbons (Fsp3) is 0.0500. The Balaban J connectivity index is 1.70. The monoisotopic (exact) mass is 385 g/mol. The van der Waals surface area contributed by atoms with Gasteiger partial charge in [-0.1, -0.05) is 30.0 Å². The Morgan fingerprint density at radius 2 is 1.74 bits per heavy atom. The molecule has 7 heteroatoms. The maximum atomic E-state index is 13.6. The highest BCUT2D eigenvalue weighted by Crippen LogP contribution is 2.28. The minimum absolute atomic E-state index is 0.193. The molecule has 0 aliphatic carbocycles. The number of rotatable bonds is 6. The molecule has 0 atom stereocenters. The Bertz CT molecular complexity index is 980. The highest BCUT2D eigenvalue weighted by atomic mass is 32.2. The van der Waals surface area contributed by atoms with E-state index in [1.807, 2.05) is 30.3 Å². The smallest absolute Gasteiger partial charge is 0.341 e. The van der Waals surface area contributed by atoms with Gasteiger partial charge in [0.1, 0.15) is 16.7 Å². The van der Waals surface area contributed by atoms with Crippen LogP contribution in [-0.4, -0.2) is 23.3 Å². The van der Waals surface area contributed by atoms with E-state index in [4.69, 9.17) is 4.74 Å². The molecule has 0 saturated heterocycles. The molecular formula is C20H13F2NO3S. The summed E-state index contributed by atoms with van der Waals surface area (Å²) in [6, 6.07) is 15.0. The second-order valence-corrected chi connectivity index (χ2v) is 6.46. The number of pyridine rings is 1. The lowest BCUT2D eigenvalue weighted by molar-refractivity contribution is 0.0469. The van der Waals surface area contributed by atoms with Gasteiger partial charge >= 0.3 is 5.97 Å². The maximum Gasteiger partial charge on any atom is 0.341 e. The second-order valence-electron chi connectivity index (χ2n) is 5.39. The molecule has 27 heavy (non-hydrogen) atoms. The van der Waals surface area contributed by atoms with Gasteiger partial charge in [0.15, 0.2) is 6.61 Å². The van der Waals surface area contributed by atoms with Crippen LogP contribution in [0.1, 0.15) is 20.7 Å². The SMILES string of the molecule is O=C(COC(=O)c1cccnc1Sc1ccccc1)c1ccc(F)cc1F. The first-order valence-corrected chi connectivity index (χ1v) is 8.69. The summed E-state index contributed by atoms with van der Waals surface area (Å²) in [6.45, 7) is -0.661. The molecule has 0 saturated carbocycles. The molecule has 0 radical (unpaired) electrons. The Labute approximate surface area is 158 Å². The van der Waals surface area contributed by atoms with Gasteiger partial charge in [-0.25, -0.2) is 18.6 Å². The Hall–Kier alpha value is -3.06. The zero-order valence-electron chi connectivity index (χ0n) is 13.9. The fourth-order valence-corrected chi connectivity index (χ4v) is 3.12. The summed E-state index contributed by atoms with van der Waals surface area (Å²) in [4.78, 5) is 29.4. The number of carbonyl (C=O) groups excluding carboxylic acids is 2. The van der Waals surface area contributed by atoms with E-state index in [0.29, 0.717) is 11.1 Å². The summed E-state index contributed by atoms with van der Waals surface area (Å²) >= 11 is 1.28. The van der Waals surface area contributed by atoms with Gasteiger partial charge in [0.05, 0.1) is 11.1 Å². The van der Waals surface area contributed by atoms with Crippen molar-refractivity contribution in [3.8, 4) is 0 Å². The van der Waals surface area contributed by atoms with Crippen molar-refractivity contribution < 1.29 is 23.1 Å². The van der Waals surface area contributed by atoms with E-state index in [9.17, 15) is 18.4 Å². The van der Waals surface area contributed by atoms with E-state index in [2.05, 4.69) is 4.98 Å². The third kappa shape index (κ3) is 4.77. The van der Waals surface area contributed by atoms with Crippen LogP contribution >= 0.6 is 11.8 Å². The van der Waals surface area contributed by atoms with Crippen LogP contribution < -0.4 is 0 Å². The molecule has 2 aromatic carbocycles. The Morgan fingerprint density at radius 3 is 2.48 bits per heavy atom. The molecule has 0 bridgehead atoms. The number of ketones is 1. The van der Waals surface area contributed by atoms with E-state index in [1.165, 1.54) is 17.8 Å². The quantitative estimate of drug-likeness (QED) is 0.460. The van der Waals surface area contributed by atoms with E-state index in [1.54, 1.807) is 12.3 Å². The van der Waals surface area contributed by atoms with Gasteiger partial charge in [-0.3, -0.25) is 4.79 Å². The van der Waals surface area contributed by atoms with Crippen molar-refractivity contribution in [1.82, 2.24) is 4.98 Å². The van der Waals surface area contributed by atoms with E-state index in [0.717, 1.165) is 17.0 Å². The number of nitrogens with zero attached hydrogens (tertiary/aromatic N) is 1. The molecule has 0 fully saturated rings. The normalized spacial score (nSPS) is 10.4. The van der Waals surface area contributed by atoms with Crippen LogP contribution in [0.25, 0.3) is 0 Å². The molecule has 0 unspecified atom stereocenters. The fourth-order valence-electron chi connectivity index (χ4n) is 2.23. The predicted octanol–water partition coefficient (Wildman–Crippen LogP) is 4.55. The average molecular weight is 385 g/mol. The van der Waals surface area contributed by atoms with Crippen LogP contribution in [0.5, 0.6) is 0 Å². The zero-order chi connectivity index (χ0) is 19.2. The minimum atomic E-state index is -1.00. The van der Waals surface area contributed by atoms with Gasteiger partial charge in [-0.2, -0.15) is 0 Å². The first-order chi connectivity index (χ1) is 13.0. The molecule has 0 amide bonds. The molecule has 3 aromatic rings. The molecule has 3 rings (SSSR count). The highest BCUT2D eigenvalue weighted by molar-refractivity contribution is 7.99. The van der Waals surface area contributed by atoms with Crippen LogP contribution in [0.2, 0.25) is 0 Å². The number of halogens is 2. The summed E-state index contributed by atoms with van der Waals surface area (Å²) in [7, 11) is 0. The largest absolute Gasteiger partial charge is 0.454 e. The van der Waals surface area contributed by atoms with E-state index >= 15 is 0 Å². The summed E-state index contributed by atoms with van der Waals surface area (Å²) in [5, 5.41) is 0.425. The van der Waals surface area contributed by atoms with E-state index in [-0.39, 0.29) is 11.1 Å². The van der Waals surface area contributed by atoms with Crippen LogP contribution in [0.15, 0.2) is 76.8 Å². The van der Waals surface area contributed by atoms with Gasteiger partial charge in [0.2, 0.25) is 5.78 Å². The first kappa shape index (κ1) is 18.7. The lowest BCUT2D eigenvalue weighted by atomic mass is 10.1. The zero-order valence-corrected chi connectivity index (χ0v) is 14.7. The summed E-state index contributed by atoms with van der Waals surface area (Å²) in [5.74, 6) is -3.31. The third-order valence-corrected chi connectivity index (χ3v) is 4.54. The van der Waals surface area contributed by atoms with Gasteiger partial charge < -0.3 is 4.74 Å². The van der Waals surface area contributed by atoms with Crippen LogP contribution in [0, 0.1) is 11.6 Å². The van der Waals surface area contributed by atoms with Crippen molar-refractivity contribution in [3.63, 3.8) is 0 Å². The molecule has 1 heterocycles. The molecule has 1 aromatic heterocycles. The lowest BCUT2D eigenvalue weighted by Crippen LogP contribution is -2.16. The standard InChI is InChI=1S/C20H13F2NO3S/c21-13-8-9-15(17(22)11-13)18(24)12-26-20(25)16-7-4-10-23-19(16)27-14-5-2-1-3-6-14/h1-11H,12H2. The number of benzene rings is 2. The van der Waals surface area contributed by atoms with Crippen molar-refractivity contribution in [1.29, 1.82) is 0 Å². The maximum absolute atomic E-state index is 13.6. The molecule has 0 spiro atoms. The van der Waals surface area contributed by atoms with E-state index < -0.39 is 30.0 Å². The van der Waals surface area contributed by atoms with Gasteiger partial charge in [-0.15, -0.1) is 0 Å². The van der Waals surface area contributed by atoms with Crippen molar-refractivity contribution in [3.05, 3.63) is 89.6 Å². The van der Waals surface area contributed by atoms with Crippen molar-refractivity contribution >= 4 is 23.5 Å². The van der Waals surface area contributed by atoms with Gasteiger partial charge in [0, 0.05) is 17.2 Å². The minimum Gasteiger partial charge on any atom is -0.454 e. The third-order valence-electron chi connectivity index (χ3n) is 3.51. The number of aromatic nitrogens is 1. The van der Waals surface area contributed by atoms with Crippen LogP contribution in [0.3, 0.4) is 0 Å². The average Bonchev–Trinajstić information content (AvgIpc) is 2.67. The lowest BCUT2D eigenvalue weighted by Gasteiger charge is -2.08. The number of hydrogen-bond acceptors (Lipinski definition) is 5. The van der Waals surface area contributed by atoms with Crippen molar-refractivity contribution in [2.24, 2.45) is 0 Å². The molecule has 0 N–H and O–H groups in total. The molecule has 4 nitrogen and oxygen atoms in total. The number of Topliss-reactive ketones (excluding diaryl/α,β-unsaturated/α-hetero) is 1. The number of carbonyl (C=O) groups is 2. The topological polar surface area (TPSA) is 56.3 Å². The highest BCUT2D eigenvalue weighted by Gasteiger charge is 2.18. The Morgan fingerprint density at radius 1 is 0.963 bits per heavy atom. The number of hydrogen-bond donors (Lipinski definition) is 0. The first-order valence-electron chi connectivity index (χ1n) is 7.88. The van der Waals surface area contributed by atoms with Crippen LogP contribution in [-0.2, 0) is 4.74 Å². The van der Waals surface area contributed by atoms with Crippen molar-refractivity contribution in [2.75, 3.05) is 6.61 Å². The number of esters is 1. The van der Waals surface area contributed by atoms with Gasteiger partial charge in [0.25, 0.3) is 0 Å².